The first-order chi connectivity index (χ1) is 12.5. The number of benzene rings is 1. The molecule has 0 aliphatic rings. The third-order valence-corrected chi connectivity index (χ3v) is 4.52. The van der Waals surface area contributed by atoms with Gasteiger partial charge in [0, 0.05) is 30.4 Å². The predicted octanol–water partition coefficient (Wildman–Crippen LogP) is 1.08. The molecule has 26 heavy (non-hydrogen) atoms. The zero-order chi connectivity index (χ0) is 18.7. The van der Waals surface area contributed by atoms with Gasteiger partial charge in [0.1, 0.15) is 7.05 Å². The highest BCUT2D eigenvalue weighted by Gasteiger charge is 2.07. The molecule has 2 aromatic heterocycles. The molecule has 0 fully saturated rings. The summed E-state index contributed by atoms with van der Waals surface area (Å²) in [6, 6.07) is 11.9. The predicted molar refractivity (Wildman–Crippen MR) is 106 cm³/mol. The third kappa shape index (κ3) is 3.47. The third-order valence-electron chi connectivity index (χ3n) is 4.52. The van der Waals surface area contributed by atoms with Crippen molar-refractivity contribution in [3.63, 3.8) is 0 Å². The van der Waals surface area contributed by atoms with Crippen molar-refractivity contribution in [2.24, 2.45) is 7.05 Å². The molecule has 0 saturated heterocycles. The Kier molecular flexibility index (Phi) is 5.07. The maximum atomic E-state index is 12.9. The van der Waals surface area contributed by atoms with Crippen LogP contribution in [0.1, 0.15) is 19.4 Å². The van der Waals surface area contributed by atoms with Crippen molar-refractivity contribution >= 4 is 18.3 Å². The molecule has 0 unspecified atom stereocenters. The SMILES string of the molecule is C=c1[nH]n(-c2ccc(N(CC)CC)cc2)c(=O)c1=Cc1ccc[n+](C)c1. The minimum absolute atomic E-state index is 0.0999. The number of hydrogen-bond donors (Lipinski definition) is 1. The number of nitrogens with zero attached hydrogens (tertiary/aromatic N) is 3. The molecule has 0 aliphatic heterocycles. The number of aromatic nitrogens is 3. The van der Waals surface area contributed by atoms with E-state index in [0.29, 0.717) is 10.6 Å². The van der Waals surface area contributed by atoms with Crippen molar-refractivity contribution in [3.05, 3.63) is 75.3 Å². The highest BCUT2D eigenvalue weighted by molar-refractivity contribution is 5.51. The van der Waals surface area contributed by atoms with Crippen LogP contribution in [0.15, 0.2) is 53.6 Å². The van der Waals surface area contributed by atoms with Crippen LogP contribution in [0.3, 0.4) is 0 Å². The topological polar surface area (TPSA) is 44.9 Å². The molecule has 5 nitrogen and oxygen atoms in total. The van der Waals surface area contributed by atoms with Gasteiger partial charge in [0.05, 0.1) is 16.3 Å². The van der Waals surface area contributed by atoms with Crippen molar-refractivity contribution in [3.8, 4) is 5.69 Å². The first-order valence-electron chi connectivity index (χ1n) is 8.86. The fraction of sp³-hybridized carbons (Fsp3) is 0.238. The molecule has 0 aliphatic carbocycles. The summed E-state index contributed by atoms with van der Waals surface area (Å²) in [4.78, 5) is 15.1. The second-order valence-corrected chi connectivity index (χ2v) is 6.28. The molecule has 134 valence electrons. The number of pyridine rings is 1. The number of aromatic amines is 1. The molecule has 1 aromatic carbocycles. The molecule has 3 rings (SSSR count). The van der Waals surface area contributed by atoms with Gasteiger partial charge in [0.25, 0.3) is 5.56 Å². The normalized spacial score (nSPS) is 11.7. The largest absolute Gasteiger partial charge is 0.372 e. The zero-order valence-electron chi connectivity index (χ0n) is 15.6. The van der Waals surface area contributed by atoms with Crippen LogP contribution in [0, 0.1) is 0 Å². The molecule has 3 aromatic rings. The second-order valence-electron chi connectivity index (χ2n) is 6.28. The van der Waals surface area contributed by atoms with E-state index in [1.54, 1.807) is 4.68 Å². The number of H-pyrrole nitrogens is 1. The van der Waals surface area contributed by atoms with Gasteiger partial charge in [-0.15, -0.1) is 0 Å². The molecule has 5 heteroatoms. The van der Waals surface area contributed by atoms with Gasteiger partial charge in [0.2, 0.25) is 0 Å². The van der Waals surface area contributed by atoms with E-state index in [0.717, 1.165) is 30.0 Å². The van der Waals surface area contributed by atoms with Gasteiger partial charge in [-0.25, -0.2) is 9.25 Å². The number of rotatable bonds is 5. The Morgan fingerprint density at radius 2 is 1.88 bits per heavy atom. The fourth-order valence-corrected chi connectivity index (χ4v) is 3.09. The number of nitrogens with one attached hydrogen (secondary N) is 1. The minimum atomic E-state index is -0.0999. The average molecular weight is 349 g/mol. The number of hydrogen-bond acceptors (Lipinski definition) is 2. The Balaban J connectivity index is 2.03. The standard InChI is InChI=1S/C21H25N4O/c1-5-24(6-2)18-9-11-19(12-10-18)25-21(26)20(16(3)22-25)14-17-8-7-13-23(4)15-17/h7-15,22H,3,5-6H2,1-2,4H3/q+1. The quantitative estimate of drug-likeness (QED) is 0.701. The second kappa shape index (κ2) is 7.44. The number of anilines is 1. The summed E-state index contributed by atoms with van der Waals surface area (Å²) in [6.07, 6.45) is 5.78. The lowest BCUT2D eigenvalue weighted by molar-refractivity contribution is -0.671. The Morgan fingerprint density at radius 3 is 2.50 bits per heavy atom. The van der Waals surface area contributed by atoms with E-state index >= 15 is 0 Å². The summed E-state index contributed by atoms with van der Waals surface area (Å²) in [5.74, 6) is 0. The highest BCUT2D eigenvalue weighted by atomic mass is 16.1. The van der Waals surface area contributed by atoms with Gasteiger partial charge in [-0.1, -0.05) is 6.58 Å². The lowest BCUT2D eigenvalue weighted by atomic mass is 10.2. The zero-order valence-corrected chi connectivity index (χ0v) is 15.6. The highest BCUT2D eigenvalue weighted by Crippen LogP contribution is 2.15. The van der Waals surface area contributed by atoms with Gasteiger partial charge in [-0.05, 0) is 50.3 Å². The van der Waals surface area contributed by atoms with Crippen LogP contribution in [0.4, 0.5) is 5.69 Å². The number of aryl methyl sites for hydroxylation is 1. The van der Waals surface area contributed by atoms with Crippen LogP contribution >= 0.6 is 0 Å². The van der Waals surface area contributed by atoms with Crippen LogP contribution < -0.4 is 25.6 Å². The molecule has 0 spiro atoms. The van der Waals surface area contributed by atoms with Gasteiger partial charge in [-0.3, -0.25) is 9.89 Å². The van der Waals surface area contributed by atoms with E-state index in [-0.39, 0.29) is 5.56 Å². The molecule has 2 heterocycles. The van der Waals surface area contributed by atoms with Crippen molar-refractivity contribution in [1.82, 2.24) is 9.78 Å². The molecule has 1 N–H and O–H groups in total. The molecular formula is C21H25N4O+. The Morgan fingerprint density at radius 1 is 1.19 bits per heavy atom. The van der Waals surface area contributed by atoms with Crippen LogP contribution in [-0.2, 0) is 7.05 Å². The van der Waals surface area contributed by atoms with Crippen LogP contribution in [0.2, 0.25) is 0 Å². The summed E-state index contributed by atoms with van der Waals surface area (Å²) in [5, 5.41) is 4.26. The Hall–Kier alpha value is -3.08. The average Bonchev–Trinajstić information content (AvgIpc) is 2.92. The van der Waals surface area contributed by atoms with Crippen LogP contribution in [0.5, 0.6) is 0 Å². The van der Waals surface area contributed by atoms with Gasteiger partial charge in [-0.2, -0.15) is 0 Å². The summed E-state index contributed by atoms with van der Waals surface area (Å²) >= 11 is 0. The lowest BCUT2D eigenvalue weighted by Crippen LogP contribution is -2.34. The van der Waals surface area contributed by atoms with E-state index in [9.17, 15) is 4.79 Å². The smallest absolute Gasteiger partial charge is 0.279 e. The molecule has 0 saturated carbocycles. The van der Waals surface area contributed by atoms with Gasteiger partial charge < -0.3 is 4.90 Å². The first kappa shape index (κ1) is 17.7. The summed E-state index contributed by atoms with van der Waals surface area (Å²) in [5.41, 5.74) is 2.81. The lowest BCUT2D eigenvalue weighted by Gasteiger charge is -2.21. The molecular weight excluding hydrogens is 324 g/mol. The summed E-state index contributed by atoms with van der Waals surface area (Å²) < 4.78 is 3.49. The monoisotopic (exact) mass is 349 g/mol. The van der Waals surface area contributed by atoms with Crippen molar-refractivity contribution in [2.75, 3.05) is 18.0 Å². The van der Waals surface area contributed by atoms with Crippen molar-refractivity contribution in [2.45, 2.75) is 13.8 Å². The van der Waals surface area contributed by atoms with Crippen molar-refractivity contribution in [1.29, 1.82) is 0 Å². The van der Waals surface area contributed by atoms with Gasteiger partial charge in [0.15, 0.2) is 12.4 Å². The Labute approximate surface area is 153 Å². The van der Waals surface area contributed by atoms with E-state index in [1.807, 2.05) is 66.5 Å². The maximum Gasteiger partial charge on any atom is 0.279 e. The fourth-order valence-electron chi connectivity index (χ4n) is 3.09. The van der Waals surface area contributed by atoms with Crippen molar-refractivity contribution < 1.29 is 4.57 Å². The molecule has 0 atom stereocenters. The molecule has 0 radical (unpaired) electrons. The maximum absolute atomic E-state index is 12.9. The van der Waals surface area contributed by atoms with Gasteiger partial charge >= 0.3 is 0 Å². The van der Waals surface area contributed by atoms with E-state index in [1.165, 1.54) is 0 Å². The summed E-state index contributed by atoms with van der Waals surface area (Å²) in [7, 11) is 1.95. The molecule has 0 amide bonds. The Bertz CT molecular complexity index is 1060. The molecule has 0 bridgehead atoms. The van der Waals surface area contributed by atoms with Crippen LogP contribution in [0.25, 0.3) is 18.3 Å². The van der Waals surface area contributed by atoms with Crippen LogP contribution in [-0.4, -0.2) is 22.9 Å². The minimum Gasteiger partial charge on any atom is -0.372 e. The summed E-state index contributed by atoms with van der Waals surface area (Å²) in [6.45, 7) is 10.2. The van der Waals surface area contributed by atoms with E-state index in [4.69, 9.17) is 0 Å². The first-order valence-corrected chi connectivity index (χ1v) is 8.86. The van der Waals surface area contributed by atoms with E-state index in [2.05, 4.69) is 30.4 Å². The van der Waals surface area contributed by atoms with E-state index < -0.39 is 0 Å².